The van der Waals surface area contributed by atoms with Crippen molar-refractivity contribution in [2.75, 3.05) is 16.0 Å². The summed E-state index contributed by atoms with van der Waals surface area (Å²) in [6.45, 7) is 0. The fourth-order valence-electron chi connectivity index (χ4n) is 3.86. The summed E-state index contributed by atoms with van der Waals surface area (Å²) in [4.78, 5) is 39.1. The predicted octanol–water partition coefficient (Wildman–Crippen LogP) is 7.53. The van der Waals surface area contributed by atoms with E-state index in [2.05, 4.69) is 0 Å². The fraction of sp³-hybridized carbons (Fsp3) is 0. The summed E-state index contributed by atoms with van der Waals surface area (Å²) in [5.74, 6) is -46.4. The van der Waals surface area contributed by atoms with Crippen LogP contribution in [0.25, 0.3) is 0 Å². The van der Waals surface area contributed by atoms with Crippen LogP contribution in [0.1, 0.15) is 31.1 Å². The van der Waals surface area contributed by atoms with Crippen LogP contribution in [-0.2, 0) is 0 Å². The average Bonchev–Trinajstić information content (AvgIpc) is 3.07. The molecule has 21 heteroatoms. The van der Waals surface area contributed by atoms with Crippen LogP contribution < -0.4 is 16.0 Å². The second kappa shape index (κ2) is 12.8. The number of benzene rings is 4. The molecule has 4 aromatic rings. The van der Waals surface area contributed by atoms with E-state index in [0.29, 0.717) is 18.2 Å². The van der Waals surface area contributed by atoms with Crippen LogP contribution in [-0.4, -0.2) is 17.7 Å². The molecule has 4 aromatic carbocycles. The summed E-state index contributed by atoms with van der Waals surface area (Å²) in [7, 11) is 0. The van der Waals surface area contributed by atoms with Crippen LogP contribution in [0.5, 0.6) is 0 Å². The lowest BCUT2D eigenvalue weighted by atomic mass is 9.98. The Morgan fingerprint density at radius 1 is 0.333 bits per heavy atom. The summed E-state index contributed by atoms with van der Waals surface area (Å²) in [5.41, 5.74) is -10.9. The fourth-order valence-corrected chi connectivity index (χ4v) is 3.86. The Labute approximate surface area is 253 Å². The number of hydrogen-bond acceptors (Lipinski definition) is 3. The molecule has 3 N–H and O–H groups in total. The number of carbonyl (C=O) groups excluding carboxylic acids is 3. The lowest BCUT2D eigenvalue weighted by molar-refractivity contribution is 0.0976. The van der Waals surface area contributed by atoms with Crippen molar-refractivity contribution in [2.24, 2.45) is 0 Å². The highest BCUT2D eigenvalue weighted by Crippen LogP contribution is 2.32. The van der Waals surface area contributed by atoms with Crippen LogP contribution >= 0.6 is 0 Å². The molecule has 3 amide bonds. The Hall–Kier alpha value is -5.76. The number of amides is 3. The van der Waals surface area contributed by atoms with Crippen molar-refractivity contribution in [1.29, 1.82) is 0 Å². The van der Waals surface area contributed by atoms with Gasteiger partial charge in [-0.15, -0.1) is 0 Å². The molecule has 0 bridgehead atoms. The third kappa shape index (κ3) is 5.70. The summed E-state index contributed by atoms with van der Waals surface area (Å²) < 4.78 is 208. The highest BCUT2D eigenvalue weighted by Gasteiger charge is 2.33. The number of halogens is 15. The third-order valence-electron chi connectivity index (χ3n) is 6.13. The molecule has 0 aliphatic heterocycles. The SMILES string of the molecule is O=C(Nc1c(F)c(F)c(F)c(F)c1F)c1cccc(C(=O)Nc2c(F)c(F)c(F)c(F)c2F)c1C(=O)Nc1c(F)c(F)c(F)c(F)c1F. The molecule has 0 heterocycles. The maximum Gasteiger partial charge on any atom is 0.257 e. The van der Waals surface area contributed by atoms with Gasteiger partial charge in [0.2, 0.25) is 17.5 Å². The normalized spacial score (nSPS) is 11.1. The van der Waals surface area contributed by atoms with Crippen molar-refractivity contribution in [2.45, 2.75) is 0 Å². The molecule has 0 unspecified atom stereocenters. The topological polar surface area (TPSA) is 87.3 Å². The van der Waals surface area contributed by atoms with Gasteiger partial charge in [-0.25, -0.2) is 65.9 Å². The van der Waals surface area contributed by atoms with Gasteiger partial charge in [0.1, 0.15) is 17.1 Å². The van der Waals surface area contributed by atoms with Crippen LogP contribution in [0.15, 0.2) is 18.2 Å². The Balaban J connectivity index is 1.91. The third-order valence-corrected chi connectivity index (χ3v) is 6.13. The van der Waals surface area contributed by atoms with Crippen molar-refractivity contribution in [1.82, 2.24) is 0 Å². The van der Waals surface area contributed by atoms with Gasteiger partial charge in [-0.1, -0.05) is 6.07 Å². The Morgan fingerprint density at radius 2 is 0.542 bits per heavy atom. The van der Waals surface area contributed by atoms with Crippen LogP contribution in [0.4, 0.5) is 82.9 Å². The minimum atomic E-state index is -2.73. The first kappa shape index (κ1) is 35.1. The van der Waals surface area contributed by atoms with Crippen LogP contribution in [0.2, 0.25) is 0 Å². The largest absolute Gasteiger partial charge is 0.317 e. The summed E-state index contributed by atoms with van der Waals surface area (Å²) in [6, 6.07) is 1.34. The molecule has 0 radical (unpaired) electrons. The quantitative estimate of drug-likeness (QED) is 0.110. The molecule has 0 spiro atoms. The van der Waals surface area contributed by atoms with Gasteiger partial charge in [0.05, 0.1) is 16.7 Å². The van der Waals surface area contributed by atoms with Crippen molar-refractivity contribution in [3.8, 4) is 0 Å². The van der Waals surface area contributed by atoms with Gasteiger partial charge in [0.25, 0.3) is 17.7 Å². The highest BCUT2D eigenvalue weighted by molar-refractivity contribution is 6.21. The molecule has 0 fully saturated rings. The van der Waals surface area contributed by atoms with Gasteiger partial charge < -0.3 is 16.0 Å². The van der Waals surface area contributed by atoms with E-state index in [4.69, 9.17) is 0 Å². The molecule has 0 aliphatic rings. The van der Waals surface area contributed by atoms with Crippen LogP contribution in [0.3, 0.4) is 0 Å². The standard InChI is InChI=1S/C27H6F15N3O3/c28-7-10(31)16(37)22(17(38)11(7)32)43-25(46)4-2-1-3-5(26(47)44-23-18(39)12(33)8(29)13(34)19(23)40)6(4)27(48)45-24-20(41)14(35)9(30)15(36)21(24)42/h1-3H,(H,43,46)(H,44,47)(H,45,48). The summed E-state index contributed by atoms with van der Waals surface area (Å²) in [5, 5.41) is 3.37. The minimum Gasteiger partial charge on any atom is -0.317 e. The molecule has 0 saturated heterocycles. The van der Waals surface area contributed by atoms with E-state index in [1.807, 2.05) is 0 Å². The van der Waals surface area contributed by atoms with E-state index in [1.165, 1.54) is 0 Å². The van der Waals surface area contributed by atoms with Crippen molar-refractivity contribution < 1.29 is 80.2 Å². The minimum absolute atomic E-state index is 0.393. The van der Waals surface area contributed by atoms with E-state index in [-0.39, 0.29) is 0 Å². The van der Waals surface area contributed by atoms with Gasteiger partial charge in [-0.2, -0.15) is 0 Å². The first-order chi connectivity index (χ1) is 22.3. The molecule has 252 valence electrons. The summed E-state index contributed by atoms with van der Waals surface area (Å²) >= 11 is 0. The Bertz CT molecular complexity index is 1900. The molecule has 4 rings (SSSR count). The van der Waals surface area contributed by atoms with Gasteiger partial charge in [-0.05, 0) is 12.1 Å². The molecular formula is C27H6F15N3O3. The van der Waals surface area contributed by atoms with Crippen molar-refractivity contribution in [3.63, 3.8) is 0 Å². The maximum atomic E-state index is 14.3. The molecule has 0 saturated carbocycles. The van der Waals surface area contributed by atoms with E-state index in [1.54, 1.807) is 0 Å². The van der Waals surface area contributed by atoms with Crippen molar-refractivity contribution in [3.05, 3.63) is 122 Å². The number of nitrogens with one attached hydrogen (secondary N) is 3. The first-order valence-electron chi connectivity index (χ1n) is 11.9. The average molecular weight is 705 g/mol. The van der Waals surface area contributed by atoms with Gasteiger partial charge in [0.15, 0.2) is 69.8 Å². The number of carbonyl (C=O) groups is 3. The first-order valence-corrected chi connectivity index (χ1v) is 11.9. The number of anilines is 3. The maximum absolute atomic E-state index is 14.3. The van der Waals surface area contributed by atoms with Crippen LogP contribution in [0, 0.1) is 87.3 Å². The van der Waals surface area contributed by atoms with Gasteiger partial charge >= 0.3 is 0 Å². The molecule has 0 aliphatic carbocycles. The highest BCUT2D eigenvalue weighted by atomic mass is 19.2. The zero-order valence-corrected chi connectivity index (χ0v) is 22.1. The van der Waals surface area contributed by atoms with E-state index >= 15 is 0 Å². The lowest BCUT2D eigenvalue weighted by Crippen LogP contribution is -2.27. The van der Waals surface area contributed by atoms with Crippen molar-refractivity contribution >= 4 is 34.8 Å². The Kier molecular flexibility index (Phi) is 9.36. The monoisotopic (exact) mass is 705 g/mol. The van der Waals surface area contributed by atoms with Gasteiger partial charge in [-0.3, -0.25) is 14.4 Å². The number of rotatable bonds is 6. The van der Waals surface area contributed by atoms with E-state index < -0.39 is 139 Å². The lowest BCUT2D eigenvalue weighted by Gasteiger charge is -2.17. The van der Waals surface area contributed by atoms with E-state index in [9.17, 15) is 80.2 Å². The number of hydrogen-bond donors (Lipinski definition) is 3. The molecule has 0 aromatic heterocycles. The second-order valence-corrected chi connectivity index (χ2v) is 8.93. The second-order valence-electron chi connectivity index (χ2n) is 8.93. The van der Waals surface area contributed by atoms with Gasteiger partial charge in [0, 0.05) is 0 Å². The molecule has 6 nitrogen and oxygen atoms in total. The molecule has 48 heavy (non-hydrogen) atoms. The van der Waals surface area contributed by atoms with E-state index in [0.717, 1.165) is 16.0 Å². The summed E-state index contributed by atoms with van der Waals surface area (Å²) in [6.07, 6.45) is 0. The molecule has 0 atom stereocenters. The zero-order chi connectivity index (χ0) is 36.1. The zero-order valence-electron chi connectivity index (χ0n) is 22.1. The molecular weight excluding hydrogens is 699 g/mol. The smallest absolute Gasteiger partial charge is 0.257 e. The Morgan fingerprint density at radius 3 is 0.792 bits per heavy atom. The predicted molar refractivity (Wildman–Crippen MR) is 129 cm³/mol.